The molecule has 0 spiro atoms. The van der Waals surface area contributed by atoms with Gasteiger partial charge in [-0.15, -0.1) is 0 Å². The monoisotopic (exact) mass is 583 g/mol. The average Bonchev–Trinajstić information content (AvgIpc) is 3.30. The zero-order valence-corrected chi connectivity index (χ0v) is 27.3. The normalized spacial score (nSPS) is 18.6. The van der Waals surface area contributed by atoms with Crippen LogP contribution in [0.25, 0.3) is 11.1 Å². The number of benzene rings is 2. The lowest BCUT2D eigenvalue weighted by Gasteiger charge is -2.46. The van der Waals surface area contributed by atoms with Crippen LogP contribution in [0.15, 0.2) is 63.7 Å². The highest BCUT2D eigenvalue weighted by Gasteiger charge is 2.42. The number of nitrogens with zero attached hydrogens (tertiary/aromatic N) is 4. The van der Waals surface area contributed by atoms with E-state index in [4.69, 9.17) is 0 Å². The maximum absolute atomic E-state index is 14.1. The van der Waals surface area contributed by atoms with Gasteiger partial charge in [0, 0.05) is 24.2 Å². The topological polar surface area (TPSA) is 63.7 Å². The molecule has 43 heavy (non-hydrogen) atoms. The summed E-state index contributed by atoms with van der Waals surface area (Å²) >= 11 is 0. The lowest BCUT2D eigenvalue weighted by molar-refractivity contribution is 0.0524. The van der Waals surface area contributed by atoms with Crippen molar-refractivity contribution in [2.24, 2.45) is 15.8 Å². The second-order valence-electron chi connectivity index (χ2n) is 13.5. The minimum Gasteiger partial charge on any atom is -0.283 e. The van der Waals surface area contributed by atoms with E-state index in [-0.39, 0.29) is 11.1 Å². The molecule has 1 aliphatic carbocycles. The van der Waals surface area contributed by atoms with E-state index in [2.05, 4.69) is 101 Å². The molecule has 0 bridgehead atoms. The highest BCUT2D eigenvalue weighted by Crippen LogP contribution is 2.51. The van der Waals surface area contributed by atoms with E-state index in [0.717, 1.165) is 37.8 Å². The largest absolute Gasteiger partial charge is 0.283 e. The van der Waals surface area contributed by atoms with Crippen molar-refractivity contribution in [1.29, 1.82) is 0 Å². The third kappa shape index (κ3) is 6.39. The van der Waals surface area contributed by atoms with Crippen LogP contribution in [-0.2, 0) is 24.9 Å². The van der Waals surface area contributed by atoms with Gasteiger partial charge in [-0.25, -0.2) is 4.68 Å². The number of aromatic nitrogens is 2. The summed E-state index contributed by atoms with van der Waals surface area (Å²) in [5.74, 6) is 0. The SMILES string of the molecule is CCCCc1c(Cc2ccc(-c3ccccc3C(C)(C)NN=NCC)cc2)c(=O)n2n1C(C1(CC)CCCCC1)CCC2. The van der Waals surface area contributed by atoms with E-state index in [1.165, 1.54) is 72.9 Å². The van der Waals surface area contributed by atoms with Gasteiger partial charge in [-0.2, -0.15) is 5.11 Å². The summed E-state index contributed by atoms with van der Waals surface area (Å²) < 4.78 is 4.69. The number of hydrogen-bond donors (Lipinski definition) is 1. The molecular formula is C37H53N5O. The van der Waals surface area contributed by atoms with Crippen LogP contribution < -0.4 is 11.0 Å². The summed E-state index contributed by atoms with van der Waals surface area (Å²) in [6, 6.07) is 17.8. The second-order valence-corrected chi connectivity index (χ2v) is 13.5. The van der Waals surface area contributed by atoms with Crippen molar-refractivity contribution in [1.82, 2.24) is 14.8 Å². The molecule has 3 aromatic rings. The zero-order valence-electron chi connectivity index (χ0n) is 27.3. The Morgan fingerprint density at radius 2 is 1.72 bits per heavy atom. The first-order valence-corrected chi connectivity index (χ1v) is 17.0. The van der Waals surface area contributed by atoms with Crippen molar-refractivity contribution in [3.63, 3.8) is 0 Å². The van der Waals surface area contributed by atoms with Crippen LogP contribution >= 0.6 is 0 Å². The fraction of sp³-hybridized carbons (Fsp3) is 0.595. The van der Waals surface area contributed by atoms with Gasteiger partial charge in [0.2, 0.25) is 0 Å². The molecule has 5 rings (SSSR count). The van der Waals surface area contributed by atoms with Crippen molar-refractivity contribution in [2.75, 3.05) is 6.54 Å². The quantitative estimate of drug-likeness (QED) is 0.171. The second kappa shape index (κ2) is 13.7. The fourth-order valence-electron chi connectivity index (χ4n) is 7.89. The van der Waals surface area contributed by atoms with Crippen LogP contribution in [0.5, 0.6) is 0 Å². The molecule has 1 aromatic heterocycles. The first-order valence-electron chi connectivity index (χ1n) is 17.0. The highest BCUT2D eigenvalue weighted by atomic mass is 16.1. The lowest BCUT2D eigenvalue weighted by Crippen LogP contribution is -2.41. The third-order valence-corrected chi connectivity index (χ3v) is 10.3. The Morgan fingerprint density at radius 1 is 0.977 bits per heavy atom. The summed E-state index contributed by atoms with van der Waals surface area (Å²) in [4.78, 5) is 14.1. The molecule has 0 radical (unpaired) electrons. The summed E-state index contributed by atoms with van der Waals surface area (Å²) in [6.45, 7) is 12.4. The number of rotatable bonds is 12. The van der Waals surface area contributed by atoms with Crippen molar-refractivity contribution in [3.05, 3.63) is 81.3 Å². The number of fused-ring (bicyclic) bond motifs is 1. The van der Waals surface area contributed by atoms with E-state index in [0.29, 0.717) is 24.4 Å². The number of hydrogen-bond acceptors (Lipinski definition) is 3. The Kier molecular flexibility index (Phi) is 9.93. The van der Waals surface area contributed by atoms with Crippen LogP contribution in [0.1, 0.15) is 127 Å². The van der Waals surface area contributed by atoms with Crippen LogP contribution in [0.4, 0.5) is 0 Å². The number of nitrogens with one attached hydrogen (secondary N) is 1. The Morgan fingerprint density at radius 3 is 2.42 bits per heavy atom. The third-order valence-electron chi connectivity index (χ3n) is 10.3. The first-order chi connectivity index (χ1) is 20.8. The molecule has 1 unspecified atom stereocenters. The van der Waals surface area contributed by atoms with Gasteiger partial charge in [-0.05, 0) is 93.4 Å². The molecule has 0 amide bonds. The maximum Gasteiger partial charge on any atom is 0.270 e. The van der Waals surface area contributed by atoms with Crippen LogP contribution in [-0.4, -0.2) is 15.9 Å². The fourth-order valence-corrected chi connectivity index (χ4v) is 7.89. The van der Waals surface area contributed by atoms with Gasteiger partial charge in [-0.1, -0.05) is 93.3 Å². The van der Waals surface area contributed by atoms with Crippen LogP contribution in [0.3, 0.4) is 0 Å². The Bertz CT molecular complexity index is 1440. The molecule has 1 aliphatic heterocycles. The average molecular weight is 584 g/mol. The summed E-state index contributed by atoms with van der Waals surface area (Å²) in [5.41, 5.74) is 10.5. The molecule has 6 nitrogen and oxygen atoms in total. The summed E-state index contributed by atoms with van der Waals surface area (Å²) in [7, 11) is 0. The van der Waals surface area contributed by atoms with E-state index >= 15 is 0 Å². The lowest BCUT2D eigenvalue weighted by atomic mass is 9.66. The first kappa shape index (κ1) is 31.3. The van der Waals surface area contributed by atoms with E-state index in [1.807, 2.05) is 6.92 Å². The van der Waals surface area contributed by atoms with Gasteiger partial charge in [0.25, 0.3) is 5.56 Å². The van der Waals surface area contributed by atoms with Gasteiger partial charge in [-0.3, -0.25) is 14.9 Å². The summed E-state index contributed by atoms with van der Waals surface area (Å²) in [6.07, 6.45) is 14.1. The summed E-state index contributed by atoms with van der Waals surface area (Å²) in [5, 5.41) is 8.30. The Labute approximate surface area is 259 Å². The smallest absolute Gasteiger partial charge is 0.270 e. The maximum atomic E-state index is 14.1. The minimum atomic E-state index is -0.368. The predicted octanol–water partition coefficient (Wildman–Crippen LogP) is 9.16. The molecule has 2 heterocycles. The van der Waals surface area contributed by atoms with Gasteiger partial charge in [0.15, 0.2) is 0 Å². The van der Waals surface area contributed by atoms with Crippen LogP contribution in [0.2, 0.25) is 0 Å². The van der Waals surface area contributed by atoms with Gasteiger partial charge in [0.05, 0.1) is 18.1 Å². The van der Waals surface area contributed by atoms with Crippen molar-refractivity contribution in [3.8, 4) is 11.1 Å². The van der Waals surface area contributed by atoms with Crippen molar-refractivity contribution in [2.45, 2.75) is 130 Å². The predicted molar refractivity (Wildman–Crippen MR) is 178 cm³/mol. The molecular weight excluding hydrogens is 530 g/mol. The zero-order chi connectivity index (χ0) is 30.5. The van der Waals surface area contributed by atoms with Gasteiger partial charge >= 0.3 is 0 Å². The molecule has 6 heteroatoms. The van der Waals surface area contributed by atoms with Gasteiger partial charge in [0.1, 0.15) is 0 Å². The Balaban J connectivity index is 1.48. The number of unbranched alkanes of at least 4 members (excludes halogenated alkanes) is 1. The molecule has 232 valence electrons. The molecule has 1 saturated carbocycles. The molecule has 2 aromatic carbocycles. The standard InChI is InChI=1S/C37H53N5O/c1-6-9-18-33-31(35(43)41-26-15-19-34(42(33)41)37(7-2)24-13-10-14-25-37)27-28-20-22-29(23-21-28)30-16-11-12-17-32(30)36(4,5)39-40-38-8-3/h11-12,16-17,20-23,34H,6-10,13-15,18-19,24-27H2,1-5H3,(H,38,39). The van der Waals surface area contributed by atoms with Crippen molar-refractivity contribution < 1.29 is 0 Å². The molecule has 1 atom stereocenters. The van der Waals surface area contributed by atoms with Gasteiger partial charge < -0.3 is 0 Å². The molecule has 0 saturated heterocycles. The van der Waals surface area contributed by atoms with Crippen molar-refractivity contribution >= 4 is 0 Å². The van der Waals surface area contributed by atoms with Crippen LogP contribution in [0, 0.1) is 5.41 Å². The van der Waals surface area contributed by atoms with E-state index in [9.17, 15) is 4.79 Å². The van der Waals surface area contributed by atoms with E-state index < -0.39 is 0 Å². The van der Waals surface area contributed by atoms with E-state index in [1.54, 1.807) is 0 Å². The molecule has 1 N–H and O–H groups in total. The molecule has 1 fully saturated rings. The molecule has 2 aliphatic rings. The highest BCUT2D eigenvalue weighted by molar-refractivity contribution is 5.69. The Hall–Kier alpha value is -3.15. The minimum absolute atomic E-state index is 0.251.